The highest BCUT2D eigenvalue weighted by atomic mass is 16.5. The number of hydroxylamine groups is 1. The van der Waals surface area contributed by atoms with Crippen molar-refractivity contribution in [2.75, 3.05) is 6.54 Å². The first-order chi connectivity index (χ1) is 5.34. The molecule has 1 atom stereocenters. The van der Waals surface area contributed by atoms with Crippen LogP contribution in [0, 0.1) is 0 Å². The van der Waals surface area contributed by atoms with Crippen molar-refractivity contribution in [2.45, 2.75) is 6.10 Å². The third-order valence-corrected chi connectivity index (χ3v) is 1.47. The Labute approximate surface area is 65.3 Å². The van der Waals surface area contributed by atoms with Gasteiger partial charge in [0.25, 0.3) is 0 Å². The molecule has 0 amide bonds. The van der Waals surface area contributed by atoms with Gasteiger partial charge in [-0.1, -0.05) is 30.3 Å². The van der Waals surface area contributed by atoms with Crippen LogP contribution in [0.5, 0.6) is 0 Å². The summed E-state index contributed by atoms with van der Waals surface area (Å²) >= 11 is 0. The molecule has 3 N–H and O–H groups in total. The van der Waals surface area contributed by atoms with Crippen molar-refractivity contribution in [1.29, 1.82) is 0 Å². The Kier molecular flexibility index (Phi) is 3.04. The van der Waals surface area contributed by atoms with Gasteiger partial charge in [-0.15, -0.1) is 0 Å². The molecule has 1 rings (SSSR count). The standard InChI is InChI=1S/C8H11NO2/c10-8(6-9-11)7-4-2-1-3-5-7/h1-5,8-11H,6H2/t8-/m0/s1. The number of rotatable bonds is 3. The minimum absolute atomic E-state index is 0.157. The first kappa shape index (κ1) is 8.20. The zero-order chi connectivity index (χ0) is 8.10. The van der Waals surface area contributed by atoms with Crippen LogP contribution in [-0.2, 0) is 0 Å². The molecule has 1 aromatic rings. The van der Waals surface area contributed by atoms with Crippen LogP contribution in [0.4, 0.5) is 0 Å². The predicted molar refractivity (Wildman–Crippen MR) is 41.2 cm³/mol. The molecule has 0 saturated heterocycles. The molecule has 3 nitrogen and oxygen atoms in total. The Morgan fingerprint density at radius 2 is 1.91 bits per heavy atom. The van der Waals surface area contributed by atoms with Gasteiger partial charge in [-0.3, -0.25) is 0 Å². The minimum Gasteiger partial charge on any atom is -0.387 e. The molecule has 0 bridgehead atoms. The van der Waals surface area contributed by atoms with E-state index in [9.17, 15) is 5.11 Å². The third-order valence-electron chi connectivity index (χ3n) is 1.47. The van der Waals surface area contributed by atoms with Crippen molar-refractivity contribution in [3.05, 3.63) is 35.9 Å². The molecule has 0 unspecified atom stereocenters. The van der Waals surface area contributed by atoms with Crippen LogP contribution in [0.15, 0.2) is 30.3 Å². The van der Waals surface area contributed by atoms with E-state index in [1.54, 1.807) is 0 Å². The summed E-state index contributed by atoms with van der Waals surface area (Å²) in [5, 5.41) is 17.6. The van der Waals surface area contributed by atoms with Gasteiger partial charge < -0.3 is 10.3 Å². The predicted octanol–water partition coefficient (Wildman–Crippen LogP) is 0.699. The van der Waals surface area contributed by atoms with E-state index in [0.717, 1.165) is 5.56 Å². The molecule has 0 heterocycles. The lowest BCUT2D eigenvalue weighted by Gasteiger charge is -2.08. The second-order valence-corrected chi connectivity index (χ2v) is 2.29. The summed E-state index contributed by atoms with van der Waals surface area (Å²) in [5.41, 5.74) is 2.72. The molecule has 3 heteroatoms. The smallest absolute Gasteiger partial charge is 0.0937 e. The molecule has 1 aromatic carbocycles. The summed E-state index contributed by atoms with van der Waals surface area (Å²) in [7, 11) is 0. The fourth-order valence-corrected chi connectivity index (χ4v) is 0.880. The van der Waals surface area contributed by atoms with Crippen LogP contribution in [0.1, 0.15) is 11.7 Å². The maximum atomic E-state index is 9.30. The van der Waals surface area contributed by atoms with Crippen LogP contribution < -0.4 is 5.48 Å². The number of benzene rings is 1. The molecule has 0 radical (unpaired) electrons. The fraction of sp³-hybridized carbons (Fsp3) is 0.250. The first-order valence-electron chi connectivity index (χ1n) is 3.44. The maximum absolute atomic E-state index is 9.30. The fourth-order valence-electron chi connectivity index (χ4n) is 0.880. The first-order valence-corrected chi connectivity index (χ1v) is 3.44. The highest BCUT2D eigenvalue weighted by Crippen LogP contribution is 2.09. The molecule has 60 valence electrons. The lowest BCUT2D eigenvalue weighted by atomic mass is 10.1. The van der Waals surface area contributed by atoms with Crippen molar-refractivity contribution in [2.24, 2.45) is 0 Å². The zero-order valence-corrected chi connectivity index (χ0v) is 6.07. The Balaban J connectivity index is 2.61. The monoisotopic (exact) mass is 153 g/mol. The van der Waals surface area contributed by atoms with Gasteiger partial charge in [0.1, 0.15) is 0 Å². The van der Waals surface area contributed by atoms with Crippen molar-refractivity contribution in [3.8, 4) is 0 Å². The minimum atomic E-state index is -0.638. The molecule has 0 aliphatic heterocycles. The second-order valence-electron chi connectivity index (χ2n) is 2.29. The van der Waals surface area contributed by atoms with E-state index in [1.807, 2.05) is 35.8 Å². The molecule has 0 aliphatic rings. The van der Waals surface area contributed by atoms with Crippen molar-refractivity contribution >= 4 is 0 Å². The number of hydrogen-bond donors (Lipinski definition) is 3. The summed E-state index contributed by atoms with van der Waals surface area (Å²) in [6, 6.07) is 9.18. The van der Waals surface area contributed by atoms with E-state index in [2.05, 4.69) is 0 Å². The molecule has 0 aromatic heterocycles. The molecule has 0 aliphatic carbocycles. The van der Waals surface area contributed by atoms with Crippen molar-refractivity contribution < 1.29 is 10.3 Å². The lowest BCUT2D eigenvalue weighted by Crippen LogP contribution is -2.17. The highest BCUT2D eigenvalue weighted by Gasteiger charge is 2.03. The molecule has 0 fully saturated rings. The summed E-state index contributed by atoms with van der Waals surface area (Å²) < 4.78 is 0. The van der Waals surface area contributed by atoms with E-state index < -0.39 is 6.10 Å². The van der Waals surface area contributed by atoms with Gasteiger partial charge in [0.05, 0.1) is 12.6 Å². The lowest BCUT2D eigenvalue weighted by molar-refractivity contribution is 0.0921. The highest BCUT2D eigenvalue weighted by molar-refractivity contribution is 5.17. The average molecular weight is 153 g/mol. The molecule has 0 saturated carbocycles. The summed E-state index contributed by atoms with van der Waals surface area (Å²) in [5.74, 6) is 0. The Hall–Kier alpha value is -0.900. The number of hydrogen-bond acceptors (Lipinski definition) is 3. The summed E-state index contributed by atoms with van der Waals surface area (Å²) in [6.45, 7) is 0.157. The van der Waals surface area contributed by atoms with Gasteiger partial charge in [-0.05, 0) is 5.56 Å². The van der Waals surface area contributed by atoms with E-state index >= 15 is 0 Å². The molecular weight excluding hydrogens is 142 g/mol. The molecular formula is C8H11NO2. The third kappa shape index (κ3) is 2.31. The van der Waals surface area contributed by atoms with E-state index in [0.29, 0.717) is 0 Å². The van der Waals surface area contributed by atoms with E-state index in [-0.39, 0.29) is 6.54 Å². The van der Waals surface area contributed by atoms with Gasteiger partial charge in [-0.2, -0.15) is 0 Å². The summed E-state index contributed by atoms with van der Waals surface area (Å²) in [6.07, 6.45) is -0.638. The Bertz CT molecular complexity index is 201. The molecule has 0 spiro atoms. The van der Waals surface area contributed by atoms with E-state index in [1.165, 1.54) is 0 Å². The van der Waals surface area contributed by atoms with Crippen LogP contribution in [-0.4, -0.2) is 16.9 Å². The Morgan fingerprint density at radius 1 is 1.27 bits per heavy atom. The number of nitrogens with one attached hydrogen (secondary N) is 1. The van der Waals surface area contributed by atoms with Crippen LogP contribution in [0.25, 0.3) is 0 Å². The molecule has 11 heavy (non-hydrogen) atoms. The summed E-state index contributed by atoms with van der Waals surface area (Å²) in [4.78, 5) is 0. The maximum Gasteiger partial charge on any atom is 0.0937 e. The largest absolute Gasteiger partial charge is 0.387 e. The van der Waals surface area contributed by atoms with Crippen LogP contribution in [0.2, 0.25) is 0 Å². The van der Waals surface area contributed by atoms with Gasteiger partial charge >= 0.3 is 0 Å². The van der Waals surface area contributed by atoms with Crippen LogP contribution >= 0.6 is 0 Å². The average Bonchev–Trinajstić information content (AvgIpc) is 2.07. The van der Waals surface area contributed by atoms with Crippen LogP contribution in [0.3, 0.4) is 0 Å². The topological polar surface area (TPSA) is 52.5 Å². The van der Waals surface area contributed by atoms with Gasteiger partial charge in [0.2, 0.25) is 0 Å². The van der Waals surface area contributed by atoms with Gasteiger partial charge in [-0.25, -0.2) is 5.48 Å². The quantitative estimate of drug-likeness (QED) is 0.560. The second kappa shape index (κ2) is 4.08. The van der Waals surface area contributed by atoms with Crippen molar-refractivity contribution in [3.63, 3.8) is 0 Å². The van der Waals surface area contributed by atoms with Gasteiger partial charge in [0, 0.05) is 0 Å². The SMILES string of the molecule is ONC[C@H](O)c1ccccc1. The Morgan fingerprint density at radius 3 is 2.45 bits per heavy atom. The number of aliphatic hydroxyl groups excluding tert-OH is 1. The van der Waals surface area contributed by atoms with E-state index in [4.69, 9.17) is 5.21 Å². The van der Waals surface area contributed by atoms with Crippen molar-refractivity contribution in [1.82, 2.24) is 5.48 Å². The van der Waals surface area contributed by atoms with Gasteiger partial charge in [0.15, 0.2) is 0 Å². The zero-order valence-electron chi connectivity index (χ0n) is 6.07. The number of aliphatic hydroxyl groups is 1. The normalized spacial score (nSPS) is 12.9.